The summed E-state index contributed by atoms with van der Waals surface area (Å²) in [5.41, 5.74) is -0.278. The molecule has 2 bridgehead atoms. The Morgan fingerprint density at radius 1 is 1.24 bits per heavy atom. The molecule has 1 aromatic rings. The molecule has 160 valence electrons. The first-order chi connectivity index (χ1) is 13.6. The fraction of sp³-hybridized carbons (Fsp3) is 0.650. The van der Waals surface area contributed by atoms with E-state index in [9.17, 15) is 18.4 Å². The maximum atomic E-state index is 12.2. The number of alkyl halides is 2. The average Bonchev–Trinajstić information content (AvgIpc) is 2.89. The number of nitrogens with zero attached hydrogens (tertiary/aromatic N) is 2. The smallest absolute Gasteiger partial charge is 0.407 e. The van der Waals surface area contributed by atoms with Gasteiger partial charge in [0, 0.05) is 24.3 Å². The number of anilines is 1. The van der Waals surface area contributed by atoms with Crippen LogP contribution in [-0.4, -0.2) is 53.7 Å². The Morgan fingerprint density at radius 3 is 2.41 bits per heavy atom. The van der Waals surface area contributed by atoms with Gasteiger partial charge in [-0.1, -0.05) is 0 Å². The molecule has 1 aromatic heterocycles. The summed E-state index contributed by atoms with van der Waals surface area (Å²) in [4.78, 5) is 30.6. The van der Waals surface area contributed by atoms with E-state index in [4.69, 9.17) is 4.74 Å². The highest BCUT2D eigenvalue weighted by Gasteiger charge is 2.42. The zero-order valence-corrected chi connectivity index (χ0v) is 17.0. The minimum atomic E-state index is -2.59. The zero-order valence-electron chi connectivity index (χ0n) is 17.0. The van der Waals surface area contributed by atoms with E-state index >= 15 is 0 Å². The SMILES string of the molecule is CC(C)(C)OC(=O)NC1CC2CCC(C1)N2c1ccc(C(=O)NCC(F)F)cn1. The number of halogens is 2. The van der Waals surface area contributed by atoms with Crippen LogP contribution < -0.4 is 15.5 Å². The summed E-state index contributed by atoms with van der Waals surface area (Å²) in [5, 5.41) is 5.15. The van der Waals surface area contributed by atoms with Crippen molar-refractivity contribution < 1.29 is 23.1 Å². The summed E-state index contributed by atoms with van der Waals surface area (Å²) in [6.45, 7) is 4.83. The Kier molecular flexibility index (Phi) is 6.24. The number of carbonyl (C=O) groups excluding carboxylic acids is 2. The van der Waals surface area contributed by atoms with Crippen molar-refractivity contribution in [3.05, 3.63) is 23.9 Å². The van der Waals surface area contributed by atoms with Gasteiger partial charge in [0.1, 0.15) is 11.4 Å². The van der Waals surface area contributed by atoms with Crippen LogP contribution in [0.5, 0.6) is 0 Å². The van der Waals surface area contributed by atoms with Crippen LogP contribution in [0, 0.1) is 0 Å². The number of hydrogen-bond donors (Lipinski definition) is 2. The minimum absolute atomic E-state index is 0.0537. The van der Waals surface area contributed by atoms with Crippen molar-refractivity contribution in [1.29, 1.82) is 0 Å². The van der Waals surface area contributed by atoms with Crippen LogP contribution in [0.2, 0.25) is 0 Å². The van der Waals surface area contributed by atoms with Crippen LogP contribution in [0.4, 0.5) is 19.4 Å². The summed E-state index contributed by atoms with van der Waals surface area (Å²) >= 11 is 0. The molecule has 2 aliphatic rings. The maximum absolute atomic E-state index is 12.2. The van der Waals surface area contributed by atoms with Gasteiger partial charge in [0.15, 0.2) is 0 Å². The highest BCUT2D eigenvalue weighted by Crippen LogP contribution is 2.38. The highest BCUT2D eigenvalue weighted by molar-refractivity contribution is 5.94. The Morgan fingerprint density at radius 2 is 1.90 bits per heavy atom. The molecule has 29 heavy (non-hydrogen) atoms. The molecule has 2 amide bonds. The molecule has 2 saturated heterocycles. The normalized spacial score (nSPS) is 23.8. The first-order valence-electron chi connectivity index (χ1n) is 9.92. The minimum Gasteiger partial charge on any atom is -0.444 e. The summed E-state index contributed by atoms with van der Waals surface area (Å²) in [5.74, 6) is 0.200. The Bertz CT molecular complexity index is 722. The first-order valence-corrected chi connectivity index (χ1v) is 9.92. The van der Waals surface area contributed by atoms with Gasteiger partial charge >= 0.3 is 6.09 Å². The average molecular weight is 410 g/mol. The van der Waals surface area contributed by atoms with Crippen molar-refractivity contribution in [3.63, 3.8) is 0 Å². The number of ether oxygens (including phenoxy) is 1. The molecule has 2 atom stereocenters. The molecular formula is C20H28F2N4O3. The lowest BCUT2D eigenvalue weighted by Crippen LogP contribution is -2.51. The van der Waals surface area contributed by atoms with E-state index < -0.39 is 30.6 Å². The molecule has 2 aliphatic heterocycles. The molecule has 2 unspecified atom stereocenters. The van der Waals surface area contributed by atoms with Crippen molar-refractivity contribution in [1.82, 2.24) is 15.6 Å². The second-order valence-corrected chi connectivity index (χ2v) is 8.61. The molecule has 3 rings (SSSR count). The number of amides is 2. The molecule has 9 heteroatoms. The number of nitrogens with one attached hydrogen (secondary N) is 2. The number of piperidine rings is 1. The summed E-state index contributed by atoms with van der Waals surface area (Å²) in [7, 11) is 0. The number of alkyl carbamates (subject to hydrolysis) is 1. The molecule has 2 N–H and O–H groups in total. The third-order valence-electron chi connectivity index (χ3n) is 5.15. The number of carbonyl (C=O) groups is 2. The van der Waals surface area contributed by atoms with Gasteiger partial charge < -0.3 is 20.3 Å². The van der Waals surface area contributed by atoms with E-state index in [1.807, 2.05) is 20.8 Å². The van der Waals surface area contributed by atoms with E-state index in [0.29, 0.717) is 0 Å². The van der Waals surface area contributed by atoms with Crippen LogP contribution in [0.15, 0.2) is 18.3 Å². The predicted molar refractivity (Wildman–Crippen MR) is 104 cm³/mol. The van der Waals surface area contributed by atoms with Crippen LogP contribution >= 0.6 is 0 Å². The van der Waals surface area contributed by atoms with Crippen LogP contribution in [0.25, 0.3) is 0 Å². The van der Waals surface area contributed by atoms with Crippen LogP contribution in [0.1, 0.15) is 56.8 Å². The van der Waals surface area contributed by atoms with E-state index in [0.717, 1.165) is 31.5 Å². The maximum Gasteiger partial charge on any atom is 0.407 e. The largest absolute Gasteiger partial charge is 0.444 e. The second-order valence-electron chi connectivity index (χ2n) is 8.61. The van der Waals surface area contributed by atoms with Gasteiger partial charge in [-0.05, 0) is 58.6 Å². The number of hydrogen-bond acceptors (Lipinski definition) is 5. The van der Waals surface area contributed by atoms with Crippen molar-refractivity contribution >= 4 is 17.8 Å². The second kappa shape index (κ2) is 8.51. The molecule has 7 nitrogen and oxygen atoms in total. The quantitative estimate of drug-likeness (QED) is 0.779. The zero-order chi connectivity index (χ0) is 21.2. The van der Waals surface area contributed by atoms with Crippen LogP contribution in [-0.2, 0) is 4.74 Å². The number of fused-ring (bicyclic) bond motifs is 2. The number of rotatable bonds is 5. The van der Waals surface area contributed by atoms with Gasteiger partial charge in [-0.2, -0.15) is 0 Å². The molecule has 3 heterocycles. The highest BCUT2D eigenvalue weighted by atomic mass is 19.3. The third-order valence-corrected chi connectivity index (χ3v) is 5.15. The lowest BCUT2D eigenvalue weighted by Gasteiger charge is -2.40. The lowest BCUT2D eigenvalue weighted by atomic mass is 9.97. The molecule has 0 aromatic carbocycles. The van der Waals surface area contributed by atoms with Crippen LogP contribution in [0.3, 0.4) is 0 Å². The predicted octanol–water partition coefficient (Wildman–Crippen LogP) is 3.10. The van der Waals surface area contributed by atoms with Gasteiger partial charge in [0.25, 0.3) is 12.3 Å². The van der Waals surface area contributed by atoms with Crippen molar-refractivity contribution in [2.75, 3.05) is 11.4 Å². The summed E-state index contributed by atoms with van der Waals surface area (Å²) < 4.78 is 29.8. The third kappa shape index (κ3) is 5.55. The molecule has 0 aliphatic carbocycles. The number of pyridine rings is 1. The lowest BCUT2D eigenvalue weighted by molar-refractivity contribution is 0.0492. The first kappa shape index (κ1) is 21.3. The van der Waals surface area contributed by atoms with Crippen molar-refractivity contribution in [3.8, 4) is 0 Å². The summed E-state index contributed by atoms with van der Waals surface area (Å²) in [6.07, 6.45) is 2.05. The van der Waals surface area contributed by atoms with Gasteiger partial charge in [-0.15, -0.1) is 0 Å². The molecule has 0 spiro atoms. The Labute approximate surface area is 169 Å². The fourth-order valence-corrected chi connectivity index (χ4v) is 4.09. The van der Waals surface area contributed by atoms with E-state index in [-0.39, 0.29) is 23.7 Å². The van der Waals surface area contributed by atoms with Gasteiger partial charge in [-0.3, -0.25) is 4.79 Å². The number of aromatic nitrogens is 1. The molecular weight excluding hydrogens is 382 g/mol. The van der Waals surface area contributed by atoms with E-state index in [1.165, 1.54) is 6.20 Å². The Hall–Kier alpha value is -2.45. The Balaban J connectivity index is 1.59. The fourth-order valence-electron chi connectivity index (χ4n) is 4.09. The van der Waals surface area contributed by atoms with Crippen molar-refractivity contribution in [2.45, 2.75) is 76.6 Å². The van der Waals surface area contributed by atoms with Crippen molar-refractivity contribution in [2.24, 2.45) is 0 Å². The van der Waals surface area contributed by atoms with Gasteiger partial charge in [-0.25, -0.2) is 18.6 Å². The standard InChI is InChI=1S/C20H28F2N4O3/c1-20(2,3)29-19(28)25-13-8-14-5-6-15(9-13)26(14)17-7-4-12(10-23-17)18(27)24-11-16(21)22/h4,7,10,13-16H,5-6,8-9,11H2,1-3H3,(H,24,27)(H,25,28). The topological polar surface area (TPSA) is 83.6 Å². The monoisotopic (exact) mass is 410 g/mol. The van der Waals surface area contributed by atoms with E-state index in [2.05, 4.69) is 20.5 Å². The van der Waals surface area contributed by atoms with E-state index in [1.54, 1.807) is 12.1 Å². The molecule has 0 radical (unpaired) electrons. The molecule has 2 fully saturated rings. The van der Waals surface area contributed by atoms with Gasteiger partial charge in [0.05, 0.1) is 12.1 Å². The summed E-state index contributed by atoms with van der Waals surface area (Å²) in [6, 6.07) is 3.91. The van der Waals surface area contributed by atoms with Gasteiger partial charge in [0.2, 0.25) is 0 Å². The molecule has 0 saturated carbocycles.